The molecular formula is C19H20FN5O2. The first kappa shape index (κ1) is 17.4. The molecule has 3 heterocycles. The summed E-state index contributed by atoms with van der Waals surface area (Å²) in [4.78, 5) is 23.2. The van der Waals surface area contributed by atoms with Crippen LogP contribution >= 0.6 is 0 Å². The number of carbonyl (C=O) groups is 1. The molecule has 140 valence electrons. The maximum Gasteiger partial charge on any atom is 0.260 e. The smallest absolute Gasteiger partial charge is 0.260 e. The van der Waals surface area contributed by atoms with Gasteiger partial charge in [0.25, 0.3) is 11.7 Å². The van der Waals surface area contributed by atoms with Gasteiger partial charge in [-0.05, 0) is 38.0 Å². The van der Waals surface area contributed by atoms with Gasteiger partial charge in [-0.3, -0.25) is 4.79 Å². The zero-order valence-corrected chi connectivity index (χ0v) is 15.2. The molecule has 1 aliphatic heterocycles. The van der Waals surface area contributed by atoms with Gasteiger partial charge in [-0.25, -0.2) is 13.9 Å². The van der Waals surface area contributed by atoms with Crippen LogP contribution in [-0.2, 0) is 0 Å². The first-order valence-corrected chi connectivity index (χ1v) is 8.87. The molecule has 27 heavy (non-hydrogen) atoms. The summed E-state index contributed by atoms with van der Waals surface area (Å²) >= 11 is 0. The third-order valence-electron chi connectivity index (χ3n) is 4.94. The molecule has 0 bridgehead atoms. The third kappa shape index (κ3) is 3.11. The van der Waals surface area contributed by atoms with Crippen molar-refractivity contribution in [3.8, 4) is 5.75 Å². The number of benzene rings is 1. The lowest BCUT2D eigenvalue weighted by molar-refractivity contribution is 0.0696. The number of piperidine rings is 1. The Hall–Kier alpha value is -3.03. The van der Waals surface area contributed by atoms with Gasteiger partial charge in [-0.1, -0.05) is 6.07 Å². The van der Waals surface area contributed by atoms with Crippen LogP contribution in [0, 0.1) is 12.7 Å². The van der Waals surface area contributed by atoms with Crippen molar-refractivity contribution in [2.75, 3.05) is 20.2 Å². The summed E-state index contributed by atoms with van der Waals surface area (Å²) in [5.74, 6) is -0.0497. The molecule has 7 nitrogen and oxygen atoms in total. The van der Waals surface area contributed by atoms with Crippen molar-refractivity contribution in [2.45, 2.75) is 25.7 Å². The summed E-state index contributed by atoms with van der Waals surface area (Å²) in [6.45, 7) is 2.97. The Labute approximate surface area is 155 Å². The van der Waals surface area contributed by atoms with Crippen LogP contribution in [0.1, 0.15) is 40.5 Å². The number of nitrogens with zero attached hydrogens (tertiary/aromatic N) is 5. The van der Waals surface area contributed by atoms with Crippen molar-refractivity contribution in [2.24, 2.45) is 0 Å². The van der Waals surface area contributed by atoms with Crippen LogP contribution in [0.25, 0.3) is 5.78 Å². The third-order valence-corrected chi connectivity index (χ3v) is 4.94. The van der Waals surface area contributed by atoms with E-state index in [1.54, 1.807) is 15.5 Å². The number of halogens is 1. The summed E-state index contributed by atoms with van der Waals surface area (Å²) < 4.78 is 21.2. The molecule has 1 aromatic carbocycles. The number of aromatic nitrogens is 4. The molecule has 0 spiro atoms. The Kier molecular flexibility index (Phi) is 4.47. The van der Waals surface area contributed by atoms with Crippen molar-refractivity contribution in [1.82, 2.24) is 24.5 Å². The molecule has 2 aromatic heterocycles. The summed E-state index contributed by atoms with van der Waals surface area (Å²) in [5, 5.41) is 4.26. The largest absolute Gasteiger partial charge is 0.496 e. The summed E-state index contributed by atoms with van der Waals surface area (Å²) in [6, 6.07) is 6.39. The lowest BCUT2D eigenvalue weighted by Crippen LogP contribution is -2.40. The maximum atomic E-state index is 14.3. The van der Waals surface area contributed by atoms with Crippen molar-refractivity contribution in [3.05, 3.63) is 53.4 Å². The number of methoxy groups -OCH3 is 1. The fraction of sp³-hybridized carbons (Fsp3) is 0.368. The van der Waals surface area contributed by atoms with Gasteiger partial charge in [0.15, 0.2) is 0 Å². The van der Waals surface area contributed by atoms with Gasteiger partial charge in [-0.15, -0.1) is 0 Å². The van der Waals surface area contributed by atoms with E-state index in [0.29, 0.717) is 18.9 Å². The minimum atomic E-state index is -0.570. The number of likely N-dealkylation sites (tertiary alicyclic amines) is 1. The molecule has 1 aliphatic rings. The molecule has 4 rings (SSSR count). The van der Waals surface area contributed by atoms with Gasteiger partial charge in [0.2, 0.25) is 0 Å². The number of hydrogen-bond donors (Lipinski definition) is 0. The number of aryl methyl sites for hydroxylation is 1. The van der Waals surface area contributed by atoms with Crippen LogP contribution < -0.4 is 4.74 Å². The first-order chi connectivity index (χ1) is 13.1. The second-order valence-electron chi connectivity index (χ2n) is 6.70. The van der Waals surface area contributed by atoms with E-state index in [9.17, 15) is 9.18 Å². The molecule has 1 saturated heterocycles. The van der Waals surface area contributed by atoms with E-state index >= 15 is 0 Å². The van der Waals surface area contributed by atoms with Gasteiger partial charge in [-0.2, -0.15) is 10.1 Å². The van der Waals surface area contributed by atoms with Gasteiger partial charge < -0.3 is 9.64 Å². The Balaban J connectivity index is 1.65. The predicted octanol–water partition coefficient (Wildman–Crippen LogP) is 2.60. The van der Waals surface area contributed by atoms with E-state index in [4.69, 9.17) is 4.74 Å². The summed E-state index contributed by atoms with van der Waals surface area (Å²) in [6.07, 6.45) is 3.21. The zero-order chi connectivity index (χ0) is 19.0. The number of amides is 1. The molecule has 0 radical (unpaired) electrons. The Bertz CT molecular complexity index is 1000. The van der Waals surface area contributed by atoms with Crippen LogP contribution in [0.3, 0.4) is 0 Å². The predicted molar refractivity (Wildman–Crippen MR) is 96.3 cm³/mol. The Morgan fingerprint density at radius 1 is 1.37 bits per heavy atom. The SMILES string of the molecule is COc1cccc(F)c1C(=O)N1CCCC(c2cc(C)nc3ncnn23)C1. The molecule has 8 heteroatoms. The van der Waals surface area contributed by atoms with E-state index in [1.165, 1.54) is 25.6 Å². The number of hydrogen-bond acceptors (Lipinski definition) is 5. The standard InChI is InChI=1S/C19H20FN5O2/c1-12-9-15(25-19(23-12)21-11-22-25)13-5-4-8-24(10-13)18(26)17-14(20)6-3-7-16(17)27-2/h3,6-7,9,11,13H,4-5,8,10H2,1-2H3. The molecule has 1 fully saturated rings. The lowest BCUT2D eigenvalue weighted by atomic mass is 9.93. The Morgan fingerprint density at radius 3 is 3.04 bits per heavy atom. The summed E-state index contributed by atoms with van der Waals surface area (Å²) in [7, 11) is 1.44. The van der Waals surface area contributed by atoms with Crippen LogP contribution in [-0.4, -0.2) is 50.6 Å². The van der Waals surface area contributed by atoms with Crippen LogP contribution in [0.15, 0.2) is 30.6 Å². The highest BCUT2D eigenvalue weighted by Crippen LogP contribution is 2.30. The quantitative estimate of drug-likeness (QED) is 0.710. The molecule has 3 aromatic rings. The second-order valence-corrected chi connectivity index (χ2v) is 6.70. The highest BCUT2D eigenvalue weighted by atomic mass is 19.1. The van der Waals surface area contributed by atoms with E-state index in [0.717, 1.165) is 24.2 Å². The topological polar surface area (TPSA) is 72.6 Å². The van der Waals surface area contributed by atoms with Crippen molar-refractivity contribution in [1.29, 1.82) is 0 Å². The molecule has 1 amide bonds. The van der Waals surface area contributed by atoms with Crippen molar-refractivity contribution < 1.29 is 13.9 Å². The molecule has 0 N–H and O–H groups in total. The average Bonchev–Trinajstić information content (AvgIpc) is 3.15. The minimum Gasteiger partial charge on any atom is -0.496 e. The lowest BCUT2D eigenvalue weighted by Gasteiger charge is -2.33. The monoisotopic (exact) mass is 369 g/mol. The fourth-order valence-electron chi connectivity index (χ4n) is 3.69. The number of rotatable bonds is 3. The number of ether oxygens (including phenoxy) is 1. The summed E-state index contributed by atoms with van der Waals surface area (Å²) in [5.41, 5.74) is 1.80. The normalized spacial score (nSPS) is 17.3. The Morgan fingerprint density at radius 2 is 2.22 bits per heavy atom. The van der Waals surface area contributed by atoms with E-state index in [-0.39, 0.29) is 23.1 Å². The van der Waals surface area contributed by atoms with Crippen LogP contribution in [0.4, 0.5) is 4.39 Å². The van der Waals surface area contributed by atoms with Gasteiger partial charge in [0, 0.05) is 24.7 Å². The molecular weight excluding hydrogens is 349 g/mol. The average molecular weight is 369 g/mol. The molecule has 0 saturated carbocycles. The maximum absolute atomic E-state index is 14.3. The zero-order valence-electron chi connectivity index (χ0n) is 15.2. The van der Waals surface area contributed by atoms with Crippen molar-refractivity contribution >= 4 is 11.7 Å². The van der Waals surface area contributed by atoms with Gasteiger partial charge >= 0.3 is 0 Å². The van der Waals surface area contributed by atoms with E-state index < -0.39 is 5.82 Å². The van der Waals surface area contributed by atoms with Crippen molar-refractivity contribution in [3.63, 3.8) is 0 Å². The highest BCUT2D eigenvalue weighted by Gasteiger charge is 2.30. The highest BCUT2D eigenvalue weighted by molar-refractivity contribution is 5.97. The number of fused-ring (bicyclic) bond motifs is 1. The van der Waals surface area contributed by atoms with E-state index in [1.807, 2.05) is 13.0 Å². The van der Waals surface area contributed by atoms with Gasteiger partial charge in [0.1, 0.15) is 23.5 Å². The van der Waals surface area contributed by atoms with Crippen LogP contribution in [0.5, 0.6) is 5.75 Å². The molecule has 1 unspecified atom stereocenters. The second kappa shape index (κ2) is 6.94. The molecule has 1 atom stereocenters. The fourth-order valence-corrected chi connectivity index (χ4v) is 3.69. The number of carbonyl (C=O) groups excluding carboxylic acids is 1. The first-order valence-electron chi connectivity index (χ1n) is 8.87. The van der Waals surface area contributed by atoms with Crippen LogP contribution in [0.2, 0.25) is 0 Å². The van der Waals surface area contributed by atoms with E-state index in [2.05, 4.69) is 15.1 Å². The van der Waals surface area contributed by atoms with Gasteiger partial charge in [0.05, 0.1) is 12.8 Å². The molecule has 0 aliphatic carbocycles. The minimum absolute atomic E-state index is 0.0162.